The minimum absolute atomic E-state index is 0.0783. The number of benzene rings is 1. The number of hydrogen-bond acceptors (Lipinski definition) is 3. The van der Waals surface area contributed by atoms with Gasteiger partial charge in [0.15, 0.2) is 0 Å². The zero-order valence-corrected chi connectivity index (χ0v) is 11.1. The molecule has 0 saturated carbocycles. The fourth-order valence-corrected chi connectivity index (χ4v) is 2.70. The predicted octanol–water partition coefficient (Wildman–Crippen LogP) is 2.13. The van der Waals surface area contributed by atoms with Crippen LogP contribution in [0.15, 0.2) is 29.3 Å². The van der Waals surface area contributed by atoms with E-state index in [1.165, 1.54) is 0 Å². The van der Waals surface area contributed by atoms with E-state index >= 15 is 0 Å². The van der Waals surface area contributed by atoms with Gasteiger partial charge >= 0.3 is 0 Å². The van der Waals surface area contributed by atoms with Crippen molar-refractivity contribution in [3.05, 3.63) is 40.4 Å². The smallest absolute Gasteiger partial charge is 0.261 e. The molecule has 19 heavy (non-hydrogen) atoms. The molecule has 0 radical (unpaired) electrons. The van der Waals surface area contributed by atoms with Gasteiger partial charge in [-0.25, -0.2) is 4.98 Å². The van der Waals surface area contributed by atoms with Crippen molar-refractivity contribution in [2.45, 2.75) is 26.3 Å². The summed E-state index contributed by atoms with van der Waals surface area (Å²) in [7, 11) is 0. The van der Waals surface area contributed by atoms with Crippen molar-refractivity contribution in [2.24, 2.45) is 5.92 Å². The first-order valence-corrected chi connectivity index (χ1v) is 6.78. The molecule has 4 heteroatoms. The Morgan fingerprint density at radius 3 is 2.95 bits per heavy atom. The molecule has 0 amide bonds. The Labute approximate surface area is 112 Å². The van der Waals surface area contributed by atoms with Crippen LogP contribution in [-0.2, 0) is 11.3 Å². The summed E-state index contributed by atoms with van der Waals surface area (Å²) in [5.41, 5.74) is 1.86. The molecule has 1 fully saturated rings. The molecule has 0 bridgehead atoms. The third kappa shape index (κ3) is 2.40. The van der Waals surface area contributed by atoms with Crippen LogP contribution in [0.25, 0.3) is 10.9 Å². The highest BCUT2D eigenvalue weighted by atomic mass is 16.5. The van der Waals surface area contributed by atoms with Gasteiger partial charge in [-0.1, -0.05) is 12.1 Å². The molecular weight excluding hydrogens is 240 g/mol. The fraction of sp³-hybridized carbons (Fsp3) is 0.467. The number of hydrogen-bond donors (Lipinski definition) is 0. The minimum atomic E-state index is 0.0783. The standard InChI is InChI=1S/C15H18N2O2/c1-11-3-2-4-13-14(11)15(18)17(10-16-13)9-12-5-7-19-8-6-12/h2-4,10,12H,5-9H2,1H3. The quantitative estimate of drug-likeness (QED) is 0.829. The average Bonchev–Trinajstić information content (AvgIpc) is 2.43. The molecule has 0 unspecified atom stereocenters. The lowest BCUT2D eigenvalue weighted by Crippen LogP contribution is -2.28. The lowest BCUT2D eigenvalue weighted by atomic mass is 10.0. The Morgan fingerprint density at radius 1 is 1.37 bits per heavy atom. The zero-order chi connectivity index (χ0) is 13.2. The molecule has 100 valence electrons. The molecule has 0 atom stereocenters. The van der Waals surface area contributed by atoms with E-state index in [4.69, 9.17) is 4.74 Å². The van der Waals surface area contributed by atoms with Crippen molar-refractivity contribution >= 4 is 10.9 Å². The van der Waals surface area contributed by atoms with E-state index in [9.17, 15) is 4.79 Å². The second-order valence-corrected chi connectivity index (χ2v) is 5.23. The lowest BCUT2D eigenvalue weighted by Gasteiger charge is -2.22. The van der Waals surface area contributed by atoms with E-state index in [1.54, 1.807) is 10.9 Å². The number of fused-ring (bicyclic) bond motifs is 1. The van der Waals surface area contributed by atoms with Crippen LogP contribution in [0.3, 0.4) is 0 Å². The number of aryl methyl sites for hydroxylation is 1. The zero-order valence-electron chi connectivity index (χ0n) is 11.1. The average molecular weight is 258 g/mol. The summed E-state index contributed by atoms with van der Waals surface area (Å²) in [5, 5.41) is 0.747. The number of rotatable bonds is 2. The first-order valence-electron chi connectivity index (χ1n) is 6.78. The molecule has 2 heterocycles. The number of nitrogens with zero attached hydrogens (tertiary/aromatic N) is 2. The molecule has 1 aliphatic rings. The first-order chi connectivity index (χ1) is 9.25. The van der Waals surface area contributed by atoms with Gasteiger partial charge in [-0.3, -0.25) is 9.36 Å². The Hall–Kier alpha value is -1.68. The molecule has 4 nitrogen and oxygen atoms in total. The summed E-state index contributed by atoms with van der Waals surface area (Å²) < 4.78 is 7.11. The van der Waals surface area contributed by atoms with Gasteiger partial charge in [0.25, 0.3) is 5.56 Å². The minimum Gasteiger partial charge on any atom is -0.381 e. The molecule has 0 spiro atoms. The van der Waals surface area contributed by atoms with Crippen LogP contribution in [0.2, 0.25) is 0 Å². The Morgan fingerprint density at radius 2 is 2.16 bits per heavy atom. The van der Waals surface area contributed by atoms with Crippen molar-refractivity contribution in [2.75, 3.05) is 13.2 Å². The molecule has 2 aromatic rings. The van der Waals surface area contributed by atoms with E-state index in [2.05, 4.69) is 4.98 Å². The van der Waals surface area contributed by atoms with Crippen LogP contribution in [0, 0.1) is 12.8 Å². The maximum Gasteiger partial charge on any atom is 0.261 e. The van der Waals surface area contributed by atoms with Gasteiger partial charge in [0.1, 0.15) is 0 Å². The van der Waals surface area contributed by atoms with Gasteiger partial charge in [0, 0.05) is 19.8 Å². The van der Waals surface area contributed by atoms with Gasteiger partial charge in [-0.05, 0) is 37.3 Å². The highest BCUT2D eigenvalue weighted by Gasteiger charge is 2.16. The van der Waals surface area contributed by atoms with Crippen LogP contribution in [0.1, 0.15) is 18.4 Å². The molecule has 0 aliphatic carbocycles. The highest BCUT2D eigenvalue weighted by Crippen LogP contribution is 2.17. The van der Waals surface area contributed by atoms with Crippen molar-refractivity contribution in [3.63, 3.8) is 0 Å². The predicted molar refractivity (Wildman–Crippen MR) is 74.3 cm³/mol. The van der Waals surface area contributed by atoms with E-state index in [1.807, 2.05) is 25.1 Å². The summed E-state index contributed by atoms with van der Waals surface area (Å²) in [6.07, 6.45) is 3.73. The second kappa shape index (κ2) is 5.13. The molecule has 3 rings (SSSR count). The lowest BCUT2D eigenvalue weighted by molar-refractivity contribution is 0.0609. The number of aromatic nitrogens is 2. The van der Waals surface area contributed by atoms with Crippen LogP contribution < -0.4 is 5.56 Å². The summed E-state index contributed by atoms with van der Waals surface area (Å²) in [6.45, 7) is 4.32. The summed E-state index contributed by atoms with van der Waals surface area (Å²) >= 11 is 0. The molecule has 1 saturated heterocycles. The second-order valence-electron chi connectivity index (χ2n) is 5.23. The van der Waals surface area contributed by atoms with Crippen LogP contribution in [0.5, 0.6) is 0 Å². The monoisotopic (exact) mass is 258 g/mol. The third-order valence-electron chi connectivity index (χ3n) is 3.86. The van der Waals surface area contributed by atoms with Gasteiger partial charge < -0.3 is 4.74 Å². The van der Waals surface area contributed by atoms with Gasteiger partial charge in [-0.2, -0.15) is 0 Å². The summed E-state index contributed by atoms with van der Waals surface area (Å²) in [6, 6.07) is 5.79. The van der Waals surface area contributed by atoms with Crippen LogP contribution >= 0.6 is 0 Å². The van der Waals surface area contributed by atoms with E-state index < -0.39 is 0 Å². The Kier molecular flexibility index (Phi) is 3.34. The van der Waals surface area contributed by atoms with Gasteiger partial charge in [0.2, 0.25) is 0 Å². The summed E-state index contributed by atoms with van der Waals surface area (Å²) in [5.74, 6) is 0.523. The largest absolute Gasteiger partial charge is 0.381 e. The van der Waals surface area contributed by atoms with E-state index in [0.717, 1.165) is 49.1 Å². The SMILES string of the molecule is Cc1cccc2ncn(CC3CCOCC3)c(=O)c12. The van der Waals surface area contributed by atoms with Crippen molar-refractivity contribution < 1.29 is 4.74 Å². The van der Waals surface area contributed by atoms with Crippen LogP contribution in [-0.4, -0.2) is 22.8 Å². The first kappa shape index (κ1) is 12.4. The van der Waals surface area contributed by atoms with Crippen LogP contribution in [0.4, 0.5) is 0 Å². The van der Waals surface area contributed by atoms with E-state index in [0.29, 0.717) is 5.92 Å². The van der Waals surface area contributed by atoms with Crippen molar-refractivity contribution in [1.29, 1.82) is 0 Å². The normalized spacial score (nSPS) is 16.9. The van der Waals surface area contributed by atoms with Gasteiger partial charge in [-0.15, -0.1) is 0 Å². The topological polar surface area (TPSA) is 44.1 Å². The van der Waals surface area contributed by atoms with E-state index in [-0.39, 0.29) is 5.56 Å². The molecule has 1 aromatic carbocycles. The molecule has 0 N–H and O–H groups in total. The third-order valence-corrected chi connectivity index (χ3v) is 3.86. The number of ether oxygens (including phenoxy) is 1. The molecule has 1 aromatic heterocycles. The van der Waals surface area contributed by atoms with Crippen molar-refractivity contribution in [1.82, 2.24) is 9.55 Å². The Bertz CT molecular complexity index is 642. The van der Waals surface area contributed by atoms with Crippen molar-refractivity contribution in [3.8, 4) is 0 Å². The Balaban J connectivity index is 1.98. The maximum atomic E-state index is 12.5. The highest BCUT2D eigenvalue weighted by molar-refractivity contribution is 5.80. The van der Waals surface area contributed by atoms with Gasteiger partial charge in [0.05, 0.1) is 17.2 Å². The summed E-state index contributed by atoms with van der Waals surface area (Å²) in [4.78, 5) is 16.9. The maximum absolute atomic E-state index is 12.5. The molecular formula is C15H18N2O2. The molecule has 1 aliphatic heterocycles. The fourth-order valence-electron chi connectivity index (χ4n) is 2.70.